The summed E-state index contributed by atoms with van der Waals surface area (Å²) >= 11 is 0. The average molecular weight is 305 g/mol. The van der Waals surface area contributed by atoms with Crippen LogP contribution in [0.5, 0.6) is 0 Å². The molecule has 22 heavy (non-hydrogen) atoms. The van der Waals surface area contributed by atoms with E-state index in [9.17, 15) is 9.59 Å². The Kier molecular flexibility index (Phi) is 5.95. The maximum Gasteiger partial charge on any atom is 0.335 e. The number of hydrogen-bond donors (Lipinski definition) is 2. The van der Waals surface area contributed by atoms with Crippen molar-refractivity contribution in [1.82, 2.24) is 5.32 Å². The van der Waals surface area contributed by atoms with Crippen molar-refractivity contribution >= 4 is 11.9 Å². The first kappa shape index (κ1) is 16.5. The predicted molar refractivity (Wildman–Crippen MR) is 82.8 cm³/mol. The van der Waals surface area contributed by atoms with Gasteiger partial charge in [0.1, 0.15) is 0 Å². The number of carboxylic acid groups (broad SMARTS) is 1. The zero-order valence-electron chi connectivity index (χ0n) is 12.9. The quantitative estimate of drug-likeness (QED) is 0.844. The Hall–Kier alpha value is -1.88. The van der Waals surface area contributed by atoms with E-state index in [0.717, 1.165) is 31.6 Å². The van der Waals surface area contributed by atoms with Gasteiger partial charge in [-0.15, -0.1) is 0 Å². The van der Waals surface area contributed by atoms with Crippen LogP contribution in [0.3, 0.4) is 0 Å². The average Bonchev–Trinajstić information content (AvgIpc) is 2.55. The van der Waals surface area contributed by atoms with Gasteiger partial charge in [0.25, 0.3) is 0 Å². The number of hydrogen-bond acceptors (Lipinski definition) is 3. The van der Waals surface area contributed by atoms with E-state index in [1.807, 2.05) is 6.92 Å². The topological polar surface area (TPSA) is 75.6 Å². The van der Waals surface area contributed by atoms with E-state index in [2.05, 4.69) is 5.32 Å². The van der Waals surface area contributed by atoms with E-state index in [1.54, 1.807) is 24.3 Å². The number of carbonyl (C=O) groups is 2. The number of benzene rings is 1. The molecule has 1 aliphatic rings. The van der Waals surface area contributed by atoms with Gasteiger partial charge in [0, 0.05) is 25.7 Å². The Morgan fingerprint density at radius 3 is 2.50 bits per heavy atom. The van der Waals surface area contributed by atoms with Gasteiger partial charge in [0.05, 0.1) is 5.56 Å². The van der Waals surface area contributed by atoms with E-state index in [0.29, 0.717) is 18.9 Å². The molecular formula is C17H23NO4. The second-order valence-corrected chi connectivity index (χ2v) is 5.78. The lowest BCUT2D eigenvalue weighted by atomic mass is 9.87. The molecule has 0 radical (unpaired) electrons. The van der Waals surface area contributed by atoms with Crippen molar-refractivity contribution in [3.05, 3.63) is 35.4 Å². The van der Waals surface area contributed by atoms with Crippen LogP contribution in [0, 0.1) is 11.8 Å². The minimum absolute atomic E-state index is 0.0123. The summed E-state index contributed by atoms with van der Waals surface area (Å²) in [6, 6.07) is 6.75. The Balaban J connectivity index is 1.75. The van der Waals surface area contributed by atoms with Crippen LogP contribution >= 0.6 is 0 Å². The summed E-state index contributed by atoms with van der Waals surface area (Å²) in [6.45, 7) is 4.04. The van der Waals surface area contributed by atoms with Crippen molar-refractivity contribution in [3.63, 3.8) is 0 Å². The Labute approximate surface area is 130 Å². The molecule has 1 aromatic rings. The summed E-state index contributed by atoms with van der Waals surface area (Å²) in [6.07, 6.45) is 2.60. The lowest BCUT2D eigenvalue weighted by Crippen LogP contribution is -2.36. The van der Waals surface area contributed by atoms with Gasteiger partial charge in [0.15, 0.2) is 0 Å². The van der Waals surface area contributed by atoms with Gasteiger partial charge < -0.3 is 15.2 Å². The summed E-state index contributed by atoms with van der Waals surface area (Å²) in [5.74, 6) is -0.416. The monoisotopic (exact) mass is 305 g/mol. The van der Waals surface area contributed by atoms with E-state index in [1.165, 1.54) is 0 Å². The number of nitrogens with one attached hydrogen (secondary N) is 1. The number of aromatic carboxylic acids is 1. The molecule has 0 aromatic heterocycles. The molecule has 120 valence electrons. The van der Waals surface area contributed by atoms with E-state index < -0.39 is 5.97 Å². The van der Waals surface area contributed by atoms with Crippen molar-refractivity contribution in [3.8, 4) is 0 Å². The molecule has 0 saturated carbocycles. The first-order chi connectivity index (χ1) is 10.6. The molecular weight excluding hydrogens is 282 g/mol. The third-order valence-corrected chi connectivity index (χ3v) is 4.30. The highest BCUT2D eigenvalue weighted by molar-refractivity contribution is 5.87. The molecule has 5 nitrogen and oxygen atoms in total. The van der Waals surface area contributed by atoms with Crippen LogP contribution in [0.15, 0.2) is 24.3 Å². The highest BCUT2D eigenvalue weighted by Crippen LogP contribution is 2.23. The minimum Gasteiger partial charge on any atom is -0.478 e. The molecule has 0 bridgehead atoms. The van der Waals surface area contributed by atoms with E-state index in [-0.39, 0.29) is 17.4 Å². The van der Waals surface area contributed by atoms with Crippen LogP contribution in [0.25, 0.3) is 0 Å². The Bertz CT molecular complexity index is 506. The first-order valence-electron chi connectivity index (χ1n) is 7.75. The van der Waals surface area contributed by atoms with E-state index >= 15 is 0 Å². The fraction of sp³-hybridized carbons (Fsp3) is 0.529. The largest absolute Gasteiger partial charge is 0.478 e. The SMILES string of the molecule is CC(C(=O)NCCc1ccc(C(=O)O)cc1)C1CCOCC1. The molecule has 1 atom stereocenters. The fourth-order valence-corrected chi connectivity index (χ4v) is 2.73. The second-order valence-electron chi connectivity index (χ2n) is 5.78. The third kappa shape index (κ3) is 4.56. The van der Waals surface area contributed by atoms with Crippen LogP contribution in [0.4, 0.5) is 0 Å². The summed E-state index contributed by atoms with van der Waals surface area (Å²) in [7, 11) is 0. The normalized spacial score (nSPS) is 17.0. The number of amides is 1. The summed E-state index contributed by atoms with van der Waals surface area (Å²) < 4.78 is 5.32. The van der Waals surface area contributed by atoms with Gasteiger partial charge in [-0.1, -0.05) is 19.1 Å². The van der Waals surface area contributed by atoms with Crippen molar-refractivity contribution in [1.29, 1.82) is 0 Å². The van der Waals surface area contributed by atoms with Crippen LogP contribution in [0.1, 0.15) is 35.7 Å². The van der Waals surface area contributed by atoms with Crippen LogP contribution in [0.2, 0.25) is 0 Å². The third-order valence-electron chi connectivity index (χ3n) is 4.30. The van der Waals surface area contributed by atoms with Gasteiger partial charge in [0.2, 0.25) is 5.91 Å². The molecule has 5 heteroatoms. The molecule has 2 N–H and O–H groups in total. The van der Waals surface area contributed by atoms with Gasteiger partial charge >= 0.3 is 5.97 Å². The van der Waals surface area contributed by atoms with Crippen LogP contribution in [-0.2, 0) is 16.0 Å². The minimum atomic E-state index is -0.926. The van der Waals surface area contributed by atoms with Gasteiger partial charge in [-0.3, -0.25) is 4.79 Å². The number of carbonyl (C=O) groups excluding carboxylic acids is 1. The second kappa shape index (κ2) is 7.94. The summed E-state index contributed by atoms with van der Waals surface area (Å²) in [4.78, 5) is 22.9. The highest BCUT2D eigenvalue weighted by Gasteiger charge is 2.25. The maximum atomic E-state index is 12.1. The zero-order chi connectivity index (χ0) is 15.9. The molecule has 1 aliphatic heterocycles. The van der Waals surface area contributed by atoms with Gasteiger partial charge in [-0.05, 0) is 42.9 Å². The Morgan fingerprint density at radius 2 is 1.91 bits per heavy atom. The Morgan fingerprint density at radius 1 is 1.27 bits per heavy atom. The molecule has 0 aliphatic carbocycles. The summed E-state index contributed by atoms with van der Waals surface area (Å²) in [5.41, 5.74) is 1.30. The smallest absolute Gasteiger partial charge is 0.335 e. The van der Waals surface area contributed by atoms with Crippen molar-refractivity contribution in [2.24, 2.45) is 11.8 Å². The number of carboxylic acids is 1. The number of rotatable bonds is 6. The standard InChI is InChI=1S/C17H23NO4/c1-12(14-7-10-22-11-8-14)16(19)18-9-6-13-2-4-15(5-3-13)17(20)21/h2-5,12,14H,6-11H2,1H3,(H,18,19)(H,20,21). The lowest BCUT2D eigenvalue weighted by molar-refractivity contribution is -0.127. The maximum absolute atomic E-state index is 12.1. The zero-order valence-corrected chi connectivity index (χ0v) is 12.9. The van der Waals surface area contributed by atoms with Crippen LogP contribution < -0.4 is 5.32 Å². The lowest BCUT2D eigenvalue weighted by Gasteiger charge is -2.26. The highest BCUT2D eigenvalue weighted by atomic mass is 16.5. The van der Waals surface area contributed by atoms with E-state index in [4.69, 9.17) is 9.84 Å². The molecule has 1 heterocycles. The molecule has 1 amide bonds. The van der Waals surface area contributed by atoms with Crippen LogP contribution in [-0.4, -0.2) is 36.7 Å². The molecule has 1 fully saturated rings. The predicted octanol–water partition coefficient (Wildman–Crippen LogP) is 2.11. The van der Waals surface area contributed by atoms with Crippen molar-refractivity contribution < 1.29 is 19.4 Å². The first-order valence-corrected chi connectivity index (χ1v) is 7.75. The van der Waals surface area contributed by atoms with Crippen molar-refractivity contribution in [2.45, 2.75) is 26.2 Å². The van der Waals surface area contributed by atoms with Gasteiger partial charge in [-0.25, -0.2) is 4.79 Å². The molecule has 2 rings (SSSR count). The molecule has 0 spiro atoms. The number of ether oxygens (including phenoxy) is 1. The molecule has 1 unspecified atom stereocenters. The summed E-state index contributed by atoms with van der Waals surface area (Å²) in [5, 5.41) is 11.8. The molecule has 1 saturated heterocycles. The van der Waals surface area contributed by atoms with Gasteiger partial charge in [-0.2, -0.15) is 0 Å². The molecule has 1 aromatic carbocycles. The fourth-order valence-electron chi connectivity index (χ4n) is 2.73. The van der Waals surface area contributed by atoms with Crippen molar-refractivity contribution in [2.75, 3.05) is 19.8 Å².